The molecule has 3 fully saturated rings. The van der Waals surface area contributed by atoms with Crippen molar-refractivity contribution in [1.29, 1.82) is 0 Å². The number of carbonyl (C=O) groups is 2. The van der Waals surface area contributed by atoms with Gasteiger partial charge in [-0.15, -0.1) is 0 Å². The zero-order chi connectivity index (χ0) is 14.5. The third-order valence-corrected chi connectivity index (χ3v) is 4.47. The minimum atomic E-state index is 0.158. The SMILES string of the molecule is C=C/C=C/C(=O)CC1CC2NNC1CC2CC(=O)CC. The van der Waals surface area contributed by atoms with E-state index in [2.05, 4.69) is 17.4 Å². The second-order valence-corrected chi connectivity index (χ2v) is 5.85. The Labute approximate surface area is 120 Å². The summed E-state index contributed by atoms with van der Waals surface area (Å²) >= 11 is 0. The Kier molecular flexibility index (Phi) is 5.26. The van der Waals surface area contributed by atoms with Crippen LogP contribution in [-0.4, -0.2) is 23.7 Å². The predicted octanol–water partition coefficient (Wildman–Crippen LogP) is 1.93. The largest absolute Gasteiger partial charge is 0.300 e. The van der Waals surface area contributed by atoms with Crippen molar-refractivity contribution in [3.63, 3.8) is 0 Å². The lowest BCUT2D eigenvalue weighted by Gasteiger charge is -2.48. The number of hydrazine groups is 1. The molecule has 4 unspecified atom stereocenters. The van der Waals surface area contributed by atoms with Crippen LogP contribution in [0.15, 0.2) is 24.8 Å². The summed E-state index contributed by atoms with van der Waals surface area (Å²) in [4.78, 5) is 23.4. The summed E-state index contributed by atoms with van der Waals surface area (Å²) in [7, 11) is 0. The molecule has 0 radical (unpaired) electrons. The Bertz CT molecular complexity index is 417. The molecule has 0 amide bonds. The first-order chi connectivity index (χ1) is 9.63. The van der Waals surface area contributed by atoms with Crippen molar-refractivity contribution >= 4 is 11.6 Å². The number of nitrogens with one attached hydrogen (secondary N) is 2. The van der Waals surface area contributed by atoms with Crippen LogP contribution in [0.25, 0.3) is 0 Å². The van der Waals surface area contributed by atoms with Crippen LogP contribution in [0, 0.1) is 11.8 Å². The Hall–Kier alpha value is -1.26. The van der Waals surface area contributed by atoms with Crippen LogP contribution in [0.2, 0.25) is 0 Å². The standard InChI is InChI=1S/C16H24N2O2/c1-3-5-6-14(20)8-12-10-15-11(7-13(19)4-2)9-16(12)18-17-15/h3,5-6,11-12,15-18H,1,4,7-10H2,2H3/b6-5+. The zero-order valence-corrected chi connectivity index (χ0v) is 12.1. The highest BCUT2D eigenvalue weighted by molar-refractivity contribution is 5.90. The van der Waals surface area contributed by atoms with Crippen LogP contribution in [0.1, 0.15) is 39.0 Å². The van der Waals surface area contributed by atoms with E-state index in [0.29, 0.717) is 49.0 Å². The molecule has 0 aromatic rings. The lowest BCUT2D eigenvalue weighted by molar-refractivity contribution is -0.122. The van der Waals surface area contributed by atoms with E-state index in [9.17, 15) is 9.59 Å². The van der Waals surface area contributed by atoms with Gasteiger partial charge in [-0.3, -0.25) is 20.4 Å². The van der Waals surface area contributed by atoms with Crippen molar-refractivity contribution in [2.75, 3.05) is 0 Å². The first-order valence-corrected chi connectivity index (χ1v) is 7.48. The smallest absolute Gasteiger partial charge is 0.156 e. The molecule has 0 spiro atoms. The van der Waals surface area contributed by atoms with E-state index in [4.69, 9.17) is 0 Å². The Balaban J connectivity index is 1.89. The van der Waals surface area contributed by atoms with E-state index in [-0.39, 0.29) is 5.78 Å². The van der Waals surface area contributed by atoms with Crippen LogP contribution >= 0.6 is 0 Å². The van der Waals surface area contributed by atoms with Gasteiger partial charge in [0.05, 0.1) is 0 Å². The summed E-state index contributed by atoms with van der Waals surface area (Å²) < 4.78 is 0. The van der Waals surface area contributed by atoms with E-state index < -0.39 is 0 Å². The Morgan fingerprint density at radius 1 is 1.15 bits per heavy atom. The lowest BCUT2D eigenvalue weighted by atomic mass is 9.70. The quantitative estimate of drug-likeness (QED) is 0.551. The van der Waals surface area contributed by atoms with Gasteiger partial charge in [-0.2, -0.15) is 0 Å². The number of fused-ring (bicyclic) bond motifs is 3. The molecule has 2 heterocycles. The monoisotopic (exact) mass is 276 g/mol. The summed E-state index contributed by atoms with van der Waals surface area (Å²) in [6.07, 6.45) is 8.75. The molecule has 1 saturated carbocycles. The Morgan fingerprint density at radius 3 is 2.25 bits per heavy atom. The number of ketones is 2. The molecular weight excluding hydrogens is 252 g/mol. The second kappa shape index (κ2) is 6.95. The fourth-order valence-electron chi connectivity index (χ4n) is 3.32. The van der Waals surface area contributed by atoms with Gasteiger partial charge in [0.15, 0.2) is 5.78 Å². The summed E-state index contributed by atoms with van der Waals surface area (Å²) in [6.45, 7) is 5.49. The second-order valence-electron chi connectivity index (χ2n) is 5.85. The number of hydrogen-bond donors (Lipinski definition) is 2. The minimum absolute atomic E-state index is 0.158. The van der Waals surface area contributed by atoms with Gasteiger partial charge in [-0.05, 0) is 30.8 Å². The van der Waals surface area contributed by atoms with E-state index in [1.165, 1.54) is 0 Å². The van der Waals surface area contributed by atoms with Crippen LogP contribution in [0.5, 0.6) is 0 Å². The van der Waals surface area contributed by atoms with Crippen molar-refractivity contribution in [3.8, 4) is 0 Å². The summed E-state index contributed by atoms with van der Waals surface area (Å²) in [5, 5.41) is 0. The van der Waals surface area contributed by atoms with Crippen LogP contribution in [-0.2, 0) is 9.59 Å². The molecule has 0 aromatic carbocycles. The average molecular weight is 276 g/mol. The summed E-state index contributed by atoms with van der Waals surface area (Å²) in [5.74, 6) is 1.29. The van der Waals surface area contributed by atoms with Gasteiger partial charge in [0.25, 0.3) is 0 Å². The fourth-order valence-corrected chi connectivity index (χ4v) is 3.32. The van der Waals surface area contributed by atoms with Gasteiger partial charge in [-0.25, -0.2) is 0 Å². The van der Waals surface area contributed by atoms with Crippen LogP contribution in [0.4, 0.5) is 0 Å². The molecule has 110 valence electrons. The topological polar surface area (TPSA) is 58.2 Å². The number of hydrogen-bond acceptors (Lipinski definition) is 4. The van der Waals surface area contributed by atoms with E-state index in [0.717, 1.165) is 12.8 Å². The van der Waals surface area contributed by atoms with Gasteiger partial charge in [0, 0.05) is 31.3 Å². The van der Waals surface area contributed by atoms with E-state index in [1.54, 1.807) is 18.2 Å². The highest BCUT2D eigenvalue weighted by Gasteiger charge is 2.42. The van der Waals surface area contributed by atoms with Gasteiger partial charge >= 0.3 is 0 Å². The summed E-state index contributed by atoms with van der Waals surface area (Å²) in [6, 6.07) is 0.618. The van der Waals surface area contributed by atoms with Crippen LogP contribution < -0.4 is 10.9 Å². The molecule has 2 bridgehead atoms. The maximum Gasteiger partial charge on any atom is 0.156 e. The van der Waals surface area contributed by atoms with Crippen molar-refractivity contribution in [2.45, 2.75) is 51.1 Å². The third-order valence-electron chi connectivity index (χ3n) is 4.47. The molecule has 2 aliphatic heterocycles. The maximum absolute atomic E-state index is 11.8. The van der Waals surface area contributed by atoms with Gasteiger partial charge in [0.2, 0.25) is 0 Å². The lowest BCUT2D eigenvalue weighted by Crippen LogP contribution is -2.64. The predicted molar refractivity (Wildman–Crippen MR) is 78.9 cm³/mol. The molecule has 3 aliphatic rings. The normalized spacial score (nSPS) is 32.5. The first kappa shape index (κ1) is 15.1. The molecule has 4 atom stereocenters. The molecule has 4 nitrogen and oxygen atoms in total. The molecular formula is C16H24N2O2. The number of Topliss-reactive ketones (excluding diaryl/α,β-unsaturated/α-hetero) is 1. The number of carbonyl (C=O) groups excluding carboxylic acids is 2. The maximum atomic E-state index is 11.8. The first-order valence-electron chi connectivity index (χ1n) is 7.48. The van der Waals surface area contributed by atoms with Gasteiger partial charge < -0.3 is 0 Å². The average Bonchev–Trinajstić information content (AvgIpc) is 2.46. The van der Waals surface area contributed by atoms with E-state index in [1.807, 2.05) is 6.92 Å². The summed E-state index contributed by atoms with van der Waals surface area (Å²) in [5.41, 5.74) is 6.59. The molecule has 3 rings (SSSR count). The number of allylic oxidation sites excluding steroid dienone is 3. The van der Waals surface area contributed by atoms with Crippen molar-refractivity contribution < 1.29 is 9.59 Å². The van der Waals surface area contributed by atoms with Crippen molar-refractivity contribution in [1.82, 2.24) is 10.9 Å². The van der Waals surface area contributed by atoms with Crippen molar-refractivity contribution in [2.24, 2.45) is 11.8 Å². The molecule has 20 heavy (non-hydrogen) atoms. The molecule has 1 aliphatic carbocycles. The fraction of sp³-hybridized carbons (Fsp3) is 0.625. The third kappa shape index (κ3) is 3.64. The molecule has 2 N–H and O–H groups in total. The zero-order valence-electron chi connectivity index (χ0n) is 12.1. The van der Waals surface area contributed by atoms with Crippen molar-refractivity contribution in [3.05, 3.63) is 24.8 Å². The van der Waals surface area contributed by atoms with Crippen LogP contribution in [0.3, 0.4) is 0 Å². The highest BCUT2D eigenvalue weighted by atomic mass is 16.1. The van der Waals surface area contributed by atoms with E-state index >= 15 is 0 Å². The highest BCUT2D eigenvalue weighted by Crippen LogP contribution is 2.36. The molecule has 0 aromatic heterocycles. The molecule has 4 heteroatoms. The van der Waals surface area contributed by atoms with Gasteiger partial charge in [-0.1, -0.05) is 25.7 Å². The Morgan fingerprint density at radius 2 is 1.75 bits per heavy atom. The number of rotatable bonds is 7. The molecule has 2 saturated heterocycles. The minimum Gasteiger partial charge on any atom is -0.300 e. The van der Waals surface area contributed by atoms with Gasteiger partial charge in [0.1, 0.15) is 5.78 Å².